The fourth-order valence-corrected chi connectivity index (χ4v) is 1.57. The van der Waals surface area contributed by atoms with Gasteiger partial charge < -0.3 is 14.8 Å². The third kappa shape index (κ3) is 3.94. The van der Waals surface area contributed by atoms with Crippen molar-refractivity contribution in [2.45, 2.75) is 39.7 Å². The van der Waals surface area contributed by atoms with Gasteiger partial charge in [0.25, 0.3) is 5.91 Å². The number of carbonyl (C=O) groups is 2. The Morgan fingerprint density at radius 3 is 2.59 bits per heavy atom. The van der Waals surface area contributed by atoms with Crippen molar-refractivity contribution < 1.29 is 19.1 Å². The third-order valence-corrected chi connectivity index (χ3v) is 2.45. The van der Waals surface area contributed by atoms with Gasteiger partial charge in [0.15, 0.2) is 0 Å². The minimum Gasteiger partial charge on any atom is -0.481 e. The standard InChI is InChI=1S/C12H17NO4/c1-7(4-5-11(14)15)13-12(16)10-6-8(2)17-9(10)3/h6-7H,4-5H2,1-3H3,(H,13,16)(H,14,15)/t7-/m1/s1. The maximum absolute atomic E-state index is 11.8. The van der Waals surface area contributed by atoms with Crippen molar-refractivity contribution >= 4 is 11.9 Å². The van der Waals surface area contributed by atoms with Gasteiger partial charge in [-0.25, -0.2) is 0 Å². The summed E-state index contributed by atoms with van der Waals surface area (Å²) in [4.78, 5) is 22.2. The van der Waals surface area contributed by atoms with Crippen LogP contribution in [0.1, 0.15) is 41.6 Å². The molecule has 0 aliphatic heterocycles. The Kier molecular flexibility index (Phi) is 4.31. The summed E-state index contributed by atoms with van der Waals surface area (Å²) in [6, 6.07) is 1.50. The lowest BCUT2D eigenvalue weighted by atomic mass is 10.1. The van der Waals surface area contributed by atoms with E-state index < -0.39 is 5.97 Å². The summed E-state index contributed by atoms with van der Waals surface area (Å²) in [7, 11) is 0. The summed E-state index contributed by atoms with van der Waals surface area (Å²) in [5, 5.41) is 11.3. The number of hydrogen-bond donors (Lipinski definition) is 2. The van der Waals surface area contributed by atoms with Gasteiger partial charge in [-0.05, 0) is 33.3 Å². The van der Waals surface area contributed by atoms with E-state index >= 15 is 0 Å². The van der Waals surface area contributed by atoms with Crippen LogP contribution in [0.5, 0.6) is 0 Å². The molecule has 1 amide bonds. The SMILES string of the molecule is Cc1cc(C(=O)N[C@H](C)CCC(=O)O)c(C)o1. The first-order chi connectivity index (χ1) is 7.90. The second-order valence-corrected chi connectivity index (χ2v) is 4.13. The van der Waals surface area contributed by atoms with Gasteiger partial charge in [0, 0.05) is 12.5 Å². The second kappa shape index (κ2) is 5.52. The number of nitrogens with one attached hydrogen (secondary N) is 1. The van der Waals surface area contributed by atoms with E-state index in [1.165, 1.54) is 0 Å². The van der Waals surface area contributed by atoms with Gasteiger partial charge in [-0.15, -0.1) is 0 Å². The number of aryl methyl sites for hydroxylation is 2. The molecular formula is C12H17NO4. The summed E-state index contributed by atoms with van der Waals surface area (Å²) >= 11 is 0. The number of carbonyl (C=O) groups excluding carboxylic acids is 1. The van der Waals surface area contributed by atoms with E-state index in [0.29, 0.717) is 23.5 Å². The zero-order valence-corrected chi connectivity index (χ0v) is 10.2. The van der Waals surface area contributed by atoms with Gasteiger partial charge >= 0.3 is 5.97 Å². The van der Waals surface area contributed by atoms with Crippen molar-refractivity contribution in [3.05, 3.63) is 23.2 Å². The monoisotopic (exact) mass is 239 g/mol. The van der Waals surface area contributed by atoms with E-state index in [2.05, 4.69) is 5.32 Å². The highest BCUT2D eigenvalue weighted by molar-refractivity contribution is 5.95. The molecule has 1 rings (SSSR count). The van der Waals surface area contributed by atoms with E-state index in [-0.39, 0.29) is 18.4 Å². The van der Waals surface area contributed by atoms with Crippen LogP contribution in [0.15, 0.2) is 10.5 Å². The first-order valence-corrected chi connectivity index (χ1v) is 5.50. The van der Waals surface area contributed by atoms with Crippen molar-refractivity contribution in [2.75, 3.05) is 0 Å². The van der Waals surface area contributed by atoms with Crippen LogP contribution in [0.3, 0.4) is 0 Å². The van der Waals surface area contributed by atoms with Crippen molar-refractivity contribution in [1.29, 1.82) is 0 Å². The summed E-state index contributed by atoms with van der Waals surface area (Å²) in [5.74, 6) is 0.176. The average Bonchev–Trinajstić information content (AvgIpc) is 2.55. The Morgan fingerprint density at radius 2 is 2.12 bits per heavy atom. The highest BCUT2D eigenvalue weighted by Gasteiger charge is 2.15. The minimum atomic E-state index is -0.860. The maximum atomic E-state index is 11.8. The summed E-state index contributed by atoms with van der Waals surface area (Å²) < 4.78 is 5.26. The fraction of sp³-hybridized carbons (Fsp3) is 0.500. The molecule has 0 saturated carbocycles. The number of amides is 1. The lowest BCUT2D eigenvalue weighted by Gasteiger charge is -2.11. The van der Waals surface area contributed by atoms with Crippen LogP contribution in [0.2, 0.25) is 0 Å². The van der Waals surface area contributed by atoms with Crippen molar-refractivity contribution in [1.82, 2.24) is 5.32 Å². The maximum Gasteiger partial charge on any atom is 0.303 e. The second-order valence-electron chi connectivity index (χ2n) is 4.13. The van der Waals surface area contributed by atoms with Crippen LogP contribution >= 0.6 is 0 Å². The molecule has 0 bridgehead atoms. The summed E-state index contributed by atoms with van der Waals surface area (Å²) in [6.45, 7) is 5.28. The molecule has 0 fully saturated rings. The van der Waals surface area contributed by atoms with Crippen molar-refractivity contribution in [3.63, 3.8) is 0 Å². The van der Waals surface area contributed by atoms with Gasteiger partial charge in [-0.3, -0.25) is 9.59 Å². The van der Waals surface area contributed by atoms with E-state index in [1.54, 1.807) is 26.8 Å². The van der Waals surface area contributed by atoms with Crippen LogP contribution in [0.4, 0.5) is 0 Å². The predicted molar refractivity (Wildman–Crippen MR) is 62.0 cm³/mol. The zero-order chi connectivity index (χ0) is 13.0. The number of furan rings is 1. The Bertz CT molecular complexity index is 422. The Morgan fingerprint density at radius 1 is 1.47 bits per heavy atom. The van der Waals surface area contributed by atoms with E-state index in [0.717, 1.165) is 0 Å². The molecular weight excluding hydrogens is 222 g/mol. The molecule has 0 spiro atoms. The highest BCUT2D eigenvalue weighted by Crippen LogP contribution is 2.13. The number of carboxylic acid groups (broad SMARTS) is 1. The smallest absolute Gasteiger partial charge is 0.303 e. The largest absolute Gasteiger partial charge is 0.481 e. The zero-order valence-electron chi connectivity index (χ0n) is 10.2. The highest BCUT2D eigenvalue weighted by atomic mass is 16.4. The van der Waals surface area contributed by atoms with Gasteiger partial charge in [0.1, 0.15) is 11.5 Å². The lowest BCUT2D eigenvalue weighted by Crippen LogP contribution is -2.33. The topological polar surface area (TPSA) is 79.5 Å². The predicted octanol–water partition coefficient (Wildman–Crippen LogP) is 1.88. The Labute approximate surface area is 99.8 Å². The molecule has 0 aliphatic rings. The van der Waals surface area contributed by atoms with Crippen LogP contribution in [-0.4, -0.2) is 23.0 Å². The molecule has 1 heterocycles. The van der Waals surface area contributed by atoms with Gasteiger partial charge in [0.05, 0.1) is 5.56 Å². The normalized spacial score (nSPS) is 12.2. The number of aliphatic carboxylic acids is 1. The molecule has 5 heteroatoms. The molecule has 0 radical (unpaired) electrons. The summed E-state index contributed by atoms with van der Waals surface area (Å²) in [5.41, 5.74) is 0.504. The van der Waals surface area contributed by atoms with Crippen LogP contribution < -0.4 is 5.32 Å². The first-order valence-electron chi connectivity index (χ1n) is 5.50. The molecule has 0 aliphatic carbocycles. The molecule has 5 nitrogen and oxygen atoms in total. The average molecular weight is 239 g/mol. The molecule has 1 aromatic rings. The number of rotatable bonds is 5. The first kappa shape index (κ1) is 13.3. The molecule has 17 heavy (non-hydrogen) atoms. The van der Waals surface area contributed by atoms with Gasteiger partial charge in [0.2, 0.25) is 0 Å². The minimum absolute atomic E-state index is 0.0465. The van der Waals surface area contributed by atoms with Crippen LogP contribution in [0.25, 0.3) is 0 Å². The summed E-state index contributed by atoms with van der Waals surface area (Å²) in [6.07, 6.45) is 0.460. The number of hydrogen-bond acceptors (Lipinski definition) is 3. The molecule has 94 valence electrons. The molecule has 0 saturated heterocycles. The molecule has 2 N–H and O–H groups in total. The van der Waals surface area contributed by atoms with Gasteiger partial charge in [-0.2, -0.15) is 0 Å². The quantitative estimate of drug-likeness (QED) is 0.822. The van der Waals surface area contributed by atoms with E-state index in [4.69, 9.17) is 9.52 Å². The van der Waals surface area contributed by atoms with Crippen LogP contribution in [-0.2, 0) is 4.79 Å². The molecule has 0 aromatic carbocycles. The van der Waals surface area contributed by atoms with Gasteiger partial charge in [-0.1, -0.05) is 0 Å². The molecule has 1 atom stereocenters. The molecule has 1 aromatic heterocycles. The van der Waals surface area contributed by atoms with E-state index in [1.807, 2.05) is 0 Å². The lowest BCUT2D eigenvalue weighted by molar-refractivity contribution is -0.137. The van der Waals surface area contributed by atoms with E-state index in [9.17, 15) is 9.59 Å². The van der Waals surface area contributed by atoms with Crippen LogP contribution in [0, 0.1) is 13.8 Å². The third-order valence-electron chi connectivity index (χ3n) is 2.45. The van der Waals surface area contributed by atoms with Crippen molar-refractivity contribution in [3.8, 4) is 0 Å². The fourth-order valence-electron chi connectivity index (χ4n) is 1.57. The Hall–Kier alpha value is -1.78. The Balaban J connectivity index is 2.54. The number of carboxylic acids is 1. The van der Waals surface area contributed by atoms with Crippen molar-refractivity contribution in [2.24, 2.45) is 0 Å². The molecule has 0 unspecified atom stereocenters.